The maximum Gasteiger partial charge on any atom is 0.232 e. The Hall–Kier alpha value is -1.71. The molecule has 1 N–H and O–H groups in total. The van der Waals surface area contributed by atoms with E-state index in [2.05, 4.69) is 20.4 Å². The quantitative estimate of drug-likeness (QED) is 0.430. The summed E-state index contributed by atoms with van der Waals surface area (Å²) in [6, 6.07) is 6.52. The molecule has 0 atom stereocenters. The molecule has 1 aromatic heterocycles. The molecule has 0 spiro atoms. The average Bonchev–Trinajstić information content (AvgIpc) is 2.97. The van der Waals surface area contributed by atoms with Gasteiger partial charge in [0.2, 0.25) is 5.89 Å². The molecule has 0 amide bonds. The van der Waals surface area contributed by atoms with Crippen LogP contribution in [0.5, 0.6) is 0 Å². The van der Waals surface area contributed by atoms with Crippen molar-refractivity contribution in [3.63, 3.8) is 0 Å². The lowest BCUT2D eigenvalue weighted by molar-refractivity contribution is 0.318. The van der Waals surface area contributed by atoms with Gasteiger partial charge in [0.15, 0.2) is 11.8 Å². The summed E-state index contributed by atoms with van der Waals surface area (Å²) >= 11 is 0. The lowest BCUT2D eigenvalue weighted by atomic mass is 9.97. The van der Waals surface area contributed by atoms with Gasteiger partial charge in [-0.3, -0.25) is 4.99 Å². The third kappa shape index (κ3) is 6.26. The zero-order valence-electron chi connectivity index (χ0n) is 15.2. The number of guanidine groups is 1. The van der Waals surface area contributed by atoms with Gasteiger partial charge < -0.3 is 14.7 Å². The molecule has 2 aromatic rings. The summed E-state index contributed by atoms with van der Waals surface area (Å²) in [5.74, 6) is 1.59. The largest absolute Gasteiger partial charge is 0.349 e. The minimum absolute atomic E-state index is 0. The molecule has 0 saturated carbocycles. The Balaban J connectivity index is 0.00000312. The van der Waals surface area contributed by atoms with E-state index in [4.69, 9.17) is 4.52 Å². The van der Waals surface area contributed by atoms with E-state index in [-0.39, 0.29) is 35.2 Å². The van der Waals surface area contributed by atoms with Crippen LogP contribution in [-0.4, -0.2) is 35.1 Å². The van der Waals surface area contributed by atoms with Crippen LogP contribution in [0.2, 0.25) is 0 Å². The van der Waals surface area contributed by atoms with Gasteiger partial charge in [0.1, 0.15) is 5.82 Å². The van der Waals surface area contributed by atoms with Crippen molar-refractivity contribution >= 4 is 29.9 Å². The zero-order valence-corrected chi connectivity index (χ0v) is 17.5. The predicted molar refractivity (Wildman–Crippen MR) is 106 cm³/mol. The highest BCUT2D eigenvalue weighted by Gasteiger charge is 2.21. The van der Waals surface area contributed by atoms with E-state index in [1.807, 2.05) is 38.8 Å². The van der Waals surface area contributed by atoms with Crippen molar-refractivity contribution in [3.8, 4) is 0 Å². The standard InChI is InChI=1S/C17H24FN5O.HI/c1-17(2,3)15-21-14(22-24-15)10-20-16(19-4)23(5)11-12-7-6-8-13(18)9-12;/h6-9H,10-11H2,1-5H3,(H,19,20);1H. The highest BCUT2D eigenvalue weighted by atomic mass is 127. The fraction of sp³-hybridized carbons (Fsp3) is 0.471. The molecule has 1 aromatic carbocycles. The second-order valence-corrected chi connectivity index (χ2v) is 6.65. The fourth-order valence-corrected chi connectivity index (χ4v) is 2.16. The van der Waals surface area contributed by atoms with Gasteiger partial charge in [0, 0.05) is 26.1 Å². The first-order valence-corrected chi connectivity index (χ1v) is 7.79. The van der Waals surface area contributed by atoms with Gasteiger partial charge in [-0.05, 0) is 17.7 Å². The van der Waals surface area contributed by atoms with Crippen LogP contribution in [0, 0.1) is 5.82 Å². The lowest BCUT2D eigenvalue weighted by Crippen LogP contribution is -2.38. The van der Waals surface area contributed by atoms with E-state index in [0.717, 1.165) is 5.56 Å². The summed E-state index contributed by atoms with van der Waals surface area (Å²) in [6.45, 7) is 6.99. The van der Waals surface area contributed by atoms with Crippen molar-refractivity contribution in [3.05, 3.63) is 47.4 Å². The van der Waals surface area contributed by atoms with Crippen LogP contribution in [0.3, 0.4) is 0 Å². The van der Waals surface area contributed by atoms with Crippen molar-refractivity contribution in [1.82, 2.24) is 20.4 Å². The van der Waals surface area contributed by atoms with E-state index in [9.17, 15) is 4.39 Å². The number of nitrogens with zero attached hydrogens (tertiary/aromatic N) is 4. The molecule has 8 heteroatoms. The number of hydrogen-bond donors (Lipinski definition) is 1. The predicted octanol–water partition coefficient (Wildman–Crippen LogP) is 3.33. The van der Waals surface area contributed by atoms with E-state index in [1.54, 1.807) is 13.1 Å². The van der Waals surface area contributed by atoms with Crippen molar-refractivity contribution < 1.29 is 8.91 Å². The Morgan fingerprint density at radius 1 is 1.36 bits per heavy atom. The second-order valence-electron chi connectivity index (χ2n) is 6.65. The van der Waals surface area contributed by atoms with Crippen LogP contribution in [0.15, 0.2) is 33.8 Å². The zero-order chi connectivity index (χ0) is 17.7. The highest BCUT2D eigenvalue weighted by molar-refractivity contribution is 14.0. The van der Waals surface area contributed by atoms with Crippen LogP contribution in [0.25, 0.3) is 0 Å². The summed E-state index contributed by atoms with van der Waals surface area (Å²) in [5, 5.41) is 7.15. The lowest BCUT2D eigenvalue weighted by Gasteiger charge is -2.21. The van der Waals surface area contributed by atoms with Gasteiger partial charge >= 0.3 is 0 Å². The first-order valence-electron chi connectivity index (χ1n) is 7.79. The number of nitrogens with one attached hydrogen (secondary N) is 1. The van der Waals surface area contributed by atoms with Crippen LogP contribution < -0.4 is 5.32 Å². The fourth-order valence-electron chi connectivity index (χ4n) is 2.16. The number of halogens is 2. The van der Waals surface area contributed by atoms with E-state index < -0.39 is 0 Å². The molecule has 0 unspecified atom stereocenters. The molecule has 0 fully saturated rings. The molecule has 1 heterocycles. The number of aliphatic imine (C=N–C) groups is 1. The van der Waals surface area contributed by atoms with Crippen LogP contribution in [0.4, 0.5) is 4.39 Å². The van der Waals surface area contributed by atoms with Gasteiger partial charge in [0.05, 0.1) is 6.54 Å². The number of rotatable bonds is 4. The van der Waals surface area contributed by atoms with E-state index in [0.29, 0.717) is 30.8 Å². The number of hydrogen-bond acceptors (Lipinski definition) is 4. The Morgan fingerprint density at radius 2 is 2.08 bits per heavy atom. The summed E-state index contributed by atoms with van der Waals surface area (Å²) < 4.78 is 18.5. The van der Waals surface area contributed by atoms with Gasteiger partial charge in [-0.15, -0.1) is 24.0 Å². The SMILES string of the molecule is CN=C(NCc1noc(C(C)(C)C)n1)N(C)Cc1cccc(F)c1.I. The summed E-state index contributed by atoms with van der Waals surface area (Å²) in [4.78, 5) is 10.5. The minimum Gasteiger partial charge on any atom is -0.349 e. The summed E-state index contributed by atoms with van der Waals surface area (Å²) in [7, 11) is 3.58. The van der Waals surface area contributed by atoms with Crippen molar-refractivity contribution in [2.75, 3.05) is 14.1 Å². The first-order chi connectivity index (χ1) is 11.3. The Labute approximate surface area is 164 Å². The smallest absolute Gasteiger partial charge is 0.232 e. The van der Waals surface area contributed by atoms with Crippen LogP contribution >= 0.6 is 24.0 Å². The number of aromatic nitrogens is 2. The molecule has 6 nitrogen and oxygen atoms in total. The van der Waals surface area contributed by atoms with Crippen molar-refractivity contribution in [2.45, 2.75) is 39.3 Å². The highest BCUT2D eigenvalue weighted by Crippen LogP contribution is 2.19. The van der Waals surface area contributed by atoms with Crippen molar-refractivity contribution in [1.29, 1.82) is 0 Å². The maximum absolute atomic E-state index is 13.3. The molecular formula is C17H25FIN5O. The minimum atomic E-state index is -0.245. The number of benzene rings is 1. The second kappa shape index (κ2) is 9.12. The molecule has 2 rings (SSSR count). The third-order valence-electron chi connectivity index (χ3n) is 3.40. The normalized spacial score (nSPS) is 11.8. The maximum atomic E-state index is 13.3. The molecular weight excluding hydrogens is 436 g/mol. The van der Waals surface area contributed by atoms with Crippen molar-refractivity contribution in [2.24, 2.45) is 4.99 Å². The molecule has 0 bridgehead atoms. The molecule has 0 radical (unpaired) electrons. The molecule has 0 aliphatic rings. The van der Waals surface area contributed by atoms with E-state index >= 15 is 0 Å². The van der Waals surface area contributed by atoms with Gasteiger partial charge in [-0.2, -0.15) is 4.98 Å². The molecule has 0 aliphatic carbocycles. The van der Waals surface area contributed by atoms with Gasteiger partial charge in [-0.1, -0.05) is 38.1 Å². The topological polar surface area (TPSA) is 66.5 Å². The Bertz CT molecular complexity index is 711. The summed E-state index contributed by atoms with van der Waals surface area (Å²) in [5.41, 5.74) is 0.691. The Morgan fingerprint density at radius 3 is 2.64 bits per heavy atom. The monoisotopic (exact) mass is 461 g/mol. The van der Waals surface area contributed by atoms with Gasteiger partial charge in [-0.25, -0.2) is 4.39 Å². The summed E-state index contributed by atoms with van der Waals surface area (Å²) in [6.07, 6.45) is 0. The van der Waals surface area contributed by atoms with Crippen LogP contribution in [0.1, 0.15) is 38.0 Å². The first kappa shape index (κ1) is 21.3. The van der Waals surface area contributed by atoms with Gasteiger partial charge in [0.25, 0.3) is 0 Å². The Kier molecular flexibility index (Phi) is 7.78. The molecule has 138 valence electrons. The molecule has 25 heavy (non-hydrogen) atoms. The van der Waals surface area contributed by atoms with Crippen LogP contribution in [-0.2, 0) is 18.5 Å². The third-order valence-corrected chi connectivity index (χ3v) is 3.40. The van der Waals surface area contributed by atoms with E-state index in [1.165, 1.54) is 12.1 Å². The molecule has 0 saturated heterocycles. The average molecular weight is 461 g/mol. The molecule has 0 aliphatic heterocycles.